The van der Waals surface area contributed by atoms with Crippen LogP contribution in [-0.4, -0.2) is 5.78 Å². The topological polar surface area (TPSA) is 17.1 Å². The van der Waals surface area contributed by atoms with Gasteiger partial charge >= 0.3 is 0 Å². The van der Waals surface area contributed by atoms with Crippen molar-refractivity contribution in [3.05, 3.63) is 35.1 Å². The molecule has 1 aromatic rings. The van der Waals surface area contributed by atoms with Gasteiger partial charge in [-0.15, -0.1) is 0 Å². The van der Waals surface area contributed by atoms with E-state index in [9.17, 15) is 9.18 Å². The molecule has 1 aromatic carbocycles. The van der Waals surface area contributed by atoms with Gasteiger partial charge in [-0.2, -0.15) is 0 Å². The van der Waals surface area contributed by atoms with Crippen molar-refractivity contribution >= 4 is 5.78 Å². The second-order valence-electron chi connectivity index (χ2n) is 2.40. The predicted molar refractivity (Wildman–Crippen MR) is 34.4 cm³/mol. The third-order valence-corrected chi connectivity index (χ3v) is 1.72. The molecule has 2 rings (SSSR count). The monoisotopic (exact) mass is 136 g/mol. The van der Waals surface area contributed by atoms with Crippen molar-refractivity contribution in [1.29, 1.82) is 0 Å². The Morgan fingerprint density at radius 1 is 1.40 bits per heavy atom. The number of carbonyl (C=O) groups is 1. The highest BCUT2D eigenvalue weighted by molar-refractivity contribution is 6.06. The highest BCUT2D eigenvalue weighted by Gasteiger charge is 2.22. The summed E-state index contributed by atoms with van der Waals surface area (Å²) in [6.07, 6.45) is 0.482. The lowest BCUT2D eigenvalue weighted by Gasteiger charge is -2.15. The van der Waals surface area contributed by atoms with E-state index in [-0.39, 0.29) is 11.6 Å². The fourth-order valence-electron chi connectivity index (χ4n) is 1.12. The van der Waals surface area contributed by atoms with E-state index in [0.29, 0.717) is 12.0 Å². The van der Waals surface area contributed by atoms with Gasteiger partial charge in [0.25, 0.3) is 0 Å². The summed E-state index contributed by atoms with van der Waals surface area (Å²) in [6, 6.07) is 4.33. The standard InChI is InChI=1S/C8H5FO/c9-6-2-1-5-3-8(10)7(5)4-6/h1-2,4H,3H2. The Bertz CT molecular complexity index is 304. The highest BCUT2D eigenvalue weighted by Crippen LogP contribution is 2.22. The minimum Gasteiger partial charge on any atom is -0.294 e. The van der Waals surface area contributed by atoms with Crippen molar-refractivity contribution in [3.8, 4) is 0 Å². The van der Waals surface area contributed by atoms with Crippen molar-refractivity contribution in [1.82, 2.24) is 0 Å². The largest absolute Gasteiger partial charge is 0.294 e. The van der Waals surface area contributed by atoms with Crippen molar-refractivity contribution in [2.24, 2.45) is 0 Å². The predicted octanol–water partition coefficient (Wildman–Crippen LogP) is 1.56. The summed E-state index contributed by atoms with van der Waals surface area (Å²) in [5.41, 5.74) is 1.52. The smallest absolute Gasteiger partial charge is 0.167 e. The van der Waals surface area contributed by atoms with Crippen LogP contribution in [0.4, 0.5) is 4.39 Å². The van der Waals surface area contributed by atoms with Crippen molar-refractivity contribution in [2.45, 2.75) is 6.42 Å². The first-order valence-electron chi connectivity index (χ1n) is 3.09. The zero-order valence-electron chi connectivity index (χ0n) is 5.23. The lowest BCUT2D eigenvalue weighted by Crippen LogP contribution is -2.18. The molecule has 0 heterocycles. The molecule has 2 heteroatoms. The molecule has 1 aliphatic carbocycles. The highest BCUT2D eigenvalue weighted by atomic mass is 19.1. The Balaban J connectivity index is 2.61. The van der Waals surface area contributed by atoms with Gasteiger partial charge in [-0.3, -0.25) is 4.79 Å². The van der Waals surface area contributed by atoms with Crippen LogP contribution >= 0.6 is 0 Å². The Hall–Kier alpha value is -1.18. The quantitative estimate of drug-likeness (QED) is 0.529. The minimum atomic E-state index is -0.327. The third kappa shape index (κ3) is 0.588. The summed E-state index contributed by atoms with van der Waals surface area (Å²) in [5, 5.41) is 0. The molecule has 0 saturated heterocycles. The van der Waals surface area contributed by atoms with Gasteiger partial charge in [0.15, 0.2) is 5.78 Å². The zero-order chi connectivity index (χ0) is 7.14. The number of ketones is 1. The number of Topliss-reactive ketones (excluding diaryl/α,β-unsaturated/α-hetero) is 1. The summed E-state index contributed by atoms with van der Waals surface area (Å²) >= 11 is 0. The Labute approximate surface area is 57.5 Å². The maximum Gasteiger partial charge on any atom is 0.167 e. The van der Waals surface area contributed by atoms with Crippen LogP contribution in [0.25, 0.3) is 0 Å². The Morgan fingerprint density at radius 2 is 2.20 bits per heavy atom. The maximum absolute atomic E-state index is 12.4. The summed E-state index contributed by atoms with van der Waals surface area (Å²) in [6.45, 7) is 0. The number of benzene rings is 1. The van der Waals surface area contributed by atoms with Crippen molar-refractivity contribution < 1.29 is 9.18 Å². The van der Waals surface area contributed by atoms with Crippen LogP contribution in [0.5, 0.6) is 0 Å². The molecule has 0 saturated carbocycles. The Morgan fingerprint density at radius 3 is 2.80 bits per heavy atom. The summed E-state index contributed by atoms with van der Waals surface area (Å²) < 4.78 is 12.4. The fourth-order valence-corrected chi connectivity index (χ4v) is 1.12. The number of carbonyl (C=O) groups excluding carboxylic acids is 1. The van der Waals surface area contributed by atoms with E-state index < -0.39 is 0 Å². The molecule has 0 bridgehead atoms. The lowest BCUT2D eigenvalue weighted by molar-refractivity contribution is 0.0967. The van der Waals surface area contributed by atoms with Crippen LogP contribution in [0.1, 0.15) is 15.9 Å². The third-order valence-electron chi connectivity index (χ3n) is 1.72. The molecule has 0 amide bonds. The molecule has 0 unspecified atom stereocenters. The molecular weight excluding hydrogens is 131 g/mol. The first kappa shape index (κ1) is 5.59. The van der Waals surface area contributed by atoms with Crippen LogP contribution in [0, 0.1) is 5.82 Å². The first-order valence-corrected chi connectivity index (χ1v) is 3.09. The van der Waals surface area contributed by atoms with E-state index in [1.54, 1.807) is 6.07 Å². The van der Waals surface area contributed by atoms with E-state index in [4.69, 9.17) is 0 Å². The second kappa shape index (κ2) is 1.66. The van der Waals surface area contributed by atoms with Crippen molar-refractivity contribution in [2.75, 3.05) is 0 Å². The molecule has 0 aliphatic heterocycles. The van der Waals surface area contributed by atoms with Crippen molar-refractivity contribution in [3.63, 3.8) is 0 Å². The van der Waals surface area contributed by atoms with E-state index in [0.717, 1.165) is 5.56 Å². The van der Waals surface area contributed by atoms with E-state index in [1.807, 2.05) is 0 Å². The van der Waals surface area contributed by atoms with Gasteiger partial charge in [0.05, 0.1) is 0 Å². The maximum atomic E-state index is 12.4. The van der Waals surface area contributed by atoms with Crippen LogP contribution in [0.3, 0.4) is 0 Å². The van der Waals surface area contributed by atoms with Gasteiger partial charge in [-0.1, -0.05) is 6.07 Å². The number of hydrogen-bond acceptors (Lipinski definition) is 1. The second-order valence-corrected chi connectivity index (χ2v) is 2.40. The molecule has 0 aromatic heterocycles. The molecule has 0 atom stereocenters. The molecule has 1 aliphatic rings. The summed E-state index contributed by atoms with van der Waals surface area (Å²) in [5.74, 6) is -0.277. The lowest BCUT2D eigenvalue weighted by atomic mass is 9.87. The fraction of sp³-hybridized carbons (Fsp3) is 0.125. The van der Waals surface area contributed by atoms with Gasteiger partial charge in [0.1, 0.15) is 5.82 Å². The Kier molecular flexibility index (Phi) is 0.926. The molecular formula is C8H5FO. The average molecular weight is 136 g/mol. The van der Waals surface area contributed by atoms with E-state index in [1.165, 1.54) is 12.1 Å². The first-order chi connectivity index (χ1) is 4.77. The molecule has 1 nitrogen and oxygen atoms in total. The molecule has 0 fully saturated rings. The van der Waals surface area contributed by atoms with Gasteiger partial charge in [-0.25, -0.2) is 4.39 Å². The van der Waals surface area contributed by atoms with Crippen LogP contribution in [-0.2, 0) is 6.42 Å². The molecule has 50 valence electrons. The van der Waals surface area contributed by atoms with Gasteiger partial charge in [0.2, 0.25) is 0 Å². The number of halogens is 1. The SMILES string of the molecule is O=C1Cc2ccc(F)cc21. The van der Waals surface area contributed by atoms with Crippen LogP contribution in [0.2, 0.25) is 0 Å². The minimum absolute atomic E-state index is 0.0505. The summed E-state index contributed by atoms with van der Waals surface area (Å²) in [7, 11) is 0. The van der Waals surface area contributed by atoms with Gasteiger partial charge < -0.3 is 0 Å². The molecule has 0 N–H and O–H groups in total. The molecule has 0 spiro atoms. The number of fused-ring (bicyclic) bond motifs is 1. The van der Waals surface area contributed by atoms with E-state index >= 15 is 0 Å². The summed E-state index contributed by atoms with van der Waals surface area (Å²) in [4.78, 5) is 10.7. The zero-order valence-corrected chi connectivity index (χ0v) is 5.23. The normalized spacial score (nSPS) is 14.3. The average Bonchev–Trinajstić information content (AvgIpc) is 1.92. The number of hydrogen-bond donors (Lipinski definition) is 0. The molecule has 0 radical (unpaired) electrons. The van der Waals surface area contributed by atoms with Crippen LogP contribution in [0.15, 0.2) is 18.2 Å². The number of rotatable bonds is 0. The van der Waals surface area contributed by atoms with Gasteiger partial charge in [0, 0.05) is 12.0 Å². The van der Waals surface area contributed by atoms with Crippen LogP contribution < -0.4 is 0 Å². The molecule has 10 heavy (non-hydrogen) atoms. The van der Waals surface area contributed by atoms with Gasteiger partial charge in [-0.05, 0) is 17.7 Å². The van der Waals surface area contributed by atoms with E-state index in [2.05, 4.69) is 0 Å².